The normalized spacial score (nSPS) is 11.5. The fraction of sp³-hybridized carbons (Fsp3) is 1.00. The minimum absolute atomic E-state index is 0.232. The molecule has 0 radical (unpaired) electrons. The summed E-state index contributed by atoms with van der Waals surface area (Å²) in [6.45, 7) is 5.86. The Balaban J connectivity index is 3.01. The van der Waals surface area contributed by atoms with Crippen molar-refractivity contribution >= 4 is 0 Å². The van der Waals surface area contributed by atoms with Gasteiger partial charge in [-0.1, -0.05) is 103 Å². The highest BCUT2D eigenvalue weighted by molar-refractivity contribution is 4.51. The minimum atomic E-state index is 0.232. The monoisotopic (exact) mass is 371 g/mol. The van der Waals surface area contributed by atoms with Gasteiger partial charge >= 0.3 is 0 Å². The lowest BCUT2D eigenvalue weighted by atomic mass is 10.0. The SMILES string of the molecule is CCCCCCCCCCCCCCCCCCOCCN(C)CCO. The van der Waals surface area contributed by atoms with Gasteiger partial charge in [-0.25, -0.2) is 0 Å². The summed E-state index contributed by atoms with van der Waals surface area (Å²) < 4.78 is 5.65. The molecule has 0 amide bonds. The molecule has 0 aromatic carbocycles. The molecule has 0 saturated heterocycles. The van der Waals surface area contributed by atoms with E-state index in [9.17, 15) is 0 Å². The Hall–Kier alpha value is -0.120. The van der Waals surface area contributed by atoms with Gasteiger partial charge in [0.1, 0.15) is 0 Å². The highest BCUT2D eigenvalue weighted by Crippen LogP contribution is 2.13. The van der Waals surface area contributed by atoms with Crippen molar-refractivity contribution in [2.24, 2.45) is 0 Å². The number of unbranched alkanes of at least 4 members (excludes halogenated alkanes) is 15. The molecule has 0 rings (SSSR count). The average molecular weight is 372 g/mol. The zero-order valence-corrected chi connectivity index (χ0v) is 18.2. The molecule has 0 aliphatic rings. The Morgan fingerprint density at radius 1 is 0.577 bits per heavy atom. The van der Waals surface area contributed by atoms with Gasteiger partial charge in [0.2, 0.25) is 0 Å². The van der Waals surface area contributed by atoms with Crippen molar-refractivity contribution in [1.29, 1.82) is 0 Å². The number of rotatable bonds is 22. The van der Waals surface area contributed by atoms with Crippen LogP contribution in [0.3, 0.4) is 0 Å². The second-order valence-electron chi connectivity index (χ2n) is 7.94. The molecule has 0 atom stereocenters. The number of hydrogen-bond acceptors (Lipinski definition) is 3. The van der Waals surface area contributed by atoms with Crippen LogP contribution in [0, 0.1) is 0 Å². The number of ether oxygens (including phenoxy) is 1. The third-order valence-electron chi connectivity index (χ3n) is 5.24. The Morgan fingerprint density at radius 2 is 1.00 bits per heavy atom. The van der Waals surface area contributed by atoms with Crippen LogP contribution in [0.25, 0.3) is 0 Å². The van der Waals surface area contributed by atoms with Crippen LogP contribution in [0.4, 0.5) is 0 Å². The van der Waals surface area contributed by atoms with Crippen LogP contribution >= 0.6 is 0 Å². The molecule has 0 aliphatic carbocycles. The lowest BCUT2D eigenvalue weighted by molar-refractivity contribution is 0.102. The first-order valence-electron chi connectivity index (χ1n) is 11.7. The summed E-state index contributed by atoms with van der Waals surface area (Å²) in [4.78, 5) is 2.10. The Morgan fingerprint density at radius 3 is 1.42 bits per heavy atom. The molecule has 0 bridgehead atoms. The molecular weight excluding hydrogens is 322 g/mol. The second kappa shape index (κ2) is 22.9. The smallest absolute Gasteiger partial charge is 0.0593 e. The molecule has 0 unspecified atom stereocenters. The van der Waals surface area contributed by atoms with E-state index in [4.69, 9.17) is 9.84 Å². The number of aliphatic hydroxyl groups is 1. The van der Waals surface area contributed by atoms with E-state index in [-0.39, 0.29) is 6.61 Å². The summed E-state index contributed by atoms with van der Waals surface area (Å²) in [6, 6.07) is 0. The van der Waals surface area contributed by atoms with Crippen molar-refractivity contribution in [2.45, 2.75) is 110 Å². The van der Waals surface area contributed by atoms with Gasteiger partial charge in [-0.15, -0.1) is 0 Å². The van der Waals surface area contributed by atoms with E-state index in [1.54, 1.807) is 0 Å². The summed E-state index contributed by atoms with van der Waals surface area (Å²) in [6.07, 6.45) is 22.6. The van der Waals surface area contributed by atoms with Gasteiger partial charge in [0.15, 0.2) is 0 Å². The van der Waals surface area contributed by atoms with E-state index in [1.807, 2.05) is 7.05 Å². The quantitative estimate of drug-likeness (QED) is 0.230. The molecule has 0 heterocycles. The van der Waals surface area contributed by atoms with Crippen molar-refractivity contribution in [1.82, 2.24) is 4.90 Å². The van der Waals surface area contributed by atoms with E-state index < -0.39 is 0 Å². The van der Waals surface area contributed by atoms with Gasteiger partial charge < -0.3 is 14.7 Å². The lowest BCUT2D eigenvalue weighted by Gasteiger charge is -2.14. The number of hydrogen-bond donors (Lipinski definition) is 1. The van der Waals surface area contributed by atoms with Crippen LogP contribution in [0.5, 0.6) is 0 Å². The first-order chi connectivity index (χ1) is 12.8. The predicted octanol–water partition coefficient (Wildman–Crippen LogP) is 6.19. The Kier molecular flexibility index (Phi) is 22.8. The summed E-state index contributed by atoms with van der Waals surface area (Å²) in [5.41, 5.74) is 0. The van der Waals surface area contributed by atoms with Crippen molar-refractivity contribution in [3.8, 4) is 0 Å². The van der Waals surface area contributed by atoms with Crippen molar-refractivity contribution < 1.29 is 9.84 Å². The fourth-order valence-electron chi connectivity index (χ4n) is 3.36. The van der Waals surface area contributed by atoms with Gasteiger partial charge in [0, 0.05) is 19.7 Å². The maximum Gasteiger partial charge on any atom is 0.0593 e. The largest absolute Gasteiger partial charge is 0.395 e. The van der Waals surface area contributed by atoms with Crippen molar-refractivity contribution in [3.63, 3.8) is 0 Å². The summed E-state index contributed by atoms with van der Waals surface area (Å²) in [5, 5.41) is 8.81. The summed E-state index contributed by atoms with van der Waals surface area (Å²) >= 11 is 0. The highest BCUT2D eigenvalue weighted by atomic mass is 16.5. The van der Waals surface area contributed by atoms with Crippen LogP contribution < -0.4 is 0 Å². The fourth-order valence-corrected chi connectivity index (χ4v) is 3.36. The average Bonchev–Trinajstić information content (AvgIpc) is 2.64. The lowest BCUT2D eigenvalue weighted by Crippen LogP contribution is -2.26. The molecule has 0 spiro atoms. The molecular formula is C23H49NO2. The van der Waals surface area contributed by atoms with Gasteiger partial charge in [0.25, 0.3) is 0 Å². The molecule has 3 nitrogen and oxygen atoms in total. The first kappa shape index (κ1) is 25.9. The van der Waals surface area contributed by atoms with Crippen LogP contribution in [-0.4, -0.2) is 50.0 Å². The number of aliphatic hydroxyl groups excluding tert-OH is 1. The van der Waals surface area contributed by atoms with E-state index in [0.29, 0.717) is 0 Å². The summed E-state index contributed by atoms with van der Waals surface area (Å²) in [5.74, 6) is 0. The van der Waals surface area contributed by atoms with Crippen LogP contribution in [0.15, 0.2) is 0 Å². The standard InChI is InChI=1S/C23H49NO2/c1-3-4-5-6-7-8-9-10-11-12-13-14-15-16-17-18-22-26-23-20-24(2)19-21-25/h25H,3-23H2,1-2H3. The zero-order valence-electron chi connectivity index (χ0n) is 18.2. The highest BCUT2D eigenvalue weighted by Gasteiger charge is 1.97. The van der Waals surface area contributed by atoms with Crippen LogP contribution in [0.2, 0.25) is 0 Å². The minimum Gasteiger partial charge on any atom is -0.395 e. The van der Waals surface area contributed by atoms with Gasteiger partial charge in [0.05, 0.1) is 13.2 Å². The maximum atomic E-state index is 8.81. The van der Waals surface area contributed by atoms with Crippen molar-refractivity contribution in [3.05, 3.63) is 0 Å². The molecule has 26 heavy (non-hydrogen) atoms. The molecule has 0 aliphatic heterocycles. The number of likely N-dealkylation sites (N-methyl/N-ethyl adjacent to an activating group) is 1. The van der Waals surface area contributed by atoms with Crippen molar-refractivity contribution in [2.75, 3.05) is 40.0 Å². The molecule has 1 N–H and O–H groups in total. The molecule has 0 fully saturated rings. The maximum absolute atomic E-state index is 8.81. The number of nitrogens with zero attached hydrogens (tertiary/aromatic N) is 1. The van der Waals surface area contributed by atoms with E-state index >= 15 is 0 Å². The predicted molar refractivity (Wildman–Crippen MR) is 115 cm³/mol. The third-order valence-corrected chi connectivity index (χ3v) is 5.24. The Labute approximate surface area is 164 Å². The topological polar surface area (TPSA) is 32.7 Å². The Bertz CT molecular complexity index is 248. The molecule has 3 heteroatoms. The van der Waals surface area contributed by atoms with Crippen LogP contribution in [0.1, 0.15) is 110 Å². The molecule has 0 aromatic rings. The zero-order chi connectivity index (χ0) is 19.1. The summed E-state index contributed by atoms with van der Waals surface area (Å²) in [7, 11) is 2.02. The van der Waals surface area contributed by atoms with Gasteiger partial charge in [-0.05, 0) is 13.5 Å². The van der Waals surface area contributed by atoms with Gasteiger partial charge in [-0.2, -0.15) is 0 Å². The molecule has 0 aromatic heterocycles. The third kappa shape index (κ3) is 21.9. The van der Waals surface area contributed by atoms with E-state index in [0.717, 1.165) is 26.3 Å². The molecule has 158 valence electrons. The van der Waals surface area contributed by atoms with Gasteiger partial charge in [-0.3, -0.25) is 0 Å². The second-order valence-corrected chi connectivity index (χ2v) is 7.94. The first-order valence-corrected chi connectivity index (χ1v) is 11.7. The molecule has 0 saturated carbocycles. The van der Waals surface area contributed by atoms with Crippen LogP contribution in [-0.2, 0) is 4.74 Å². The van der Waals surface area contributed by atoms with E-state index in [1.165, 1.54) is 103 Å². The van der Waals surface area contributed by atoms with E-state index in [2.05, 4.69) is 11.8 Å².